The number of aromatic amines is 1. The maximum atomic E-state index is 12.7. The number of aromatic nitrogens is 1. The number of para-hydroxylation sites is 1. The predicted molar refractivity (Wildman–Crippen MR) is 106 cm³/mol. The van der Waals surface area contributed by atoms with Crippen molar-refractivity contribution in [2.24, 2.45) is 0 Å². The number of amides is 4. The molecule has 2 N–H and O–H groups in total. The molecular weight excluding hydrogens is 396 g/mol. The van der Waals surface area contributed by atoms with Crippen molar-refractivity contribution in [2.75, 3.05) is 25.1 Å². The van der Waals surface area contributed by atoms with Crippen molar-refractivity contribution in [1.82, 2.24) is 20.1 Å². The van der Waals surface area contributed by atoms with Gasteiger partial charge in [-0.2, -0.15) is 0 Å². The van der Waals surface area contributed by atoms with E-state index < -0.39 is 46.3 Å². The van der Waals surface area contributed by atoms with Gasteiger partial charge in [-0.15, -0.1) is 0 Å². The maximum Gasteiger partial charge on any atom is 0.325 e. The molecule has 4 rings (SSSR count). The monoisotopic (exact) mass is 418 g/mol. The average Bonchev–Trinajstić information content (AvgIpc) is 3.33. The summed E-state index contributed by atoms with van der Waals surface area (Å²) >= 11 is 0. The van der Waals surface area contributed by atoms with E-state index in [1.165, 1.54) is 11.9 Å². The van der Waals surface area contributed by atoms with Crippen molar-refractivity contribution in [2.45, 2.75) is 24.9 Å². The van der Waals surface area contributed by atoms with Crippen LogP contribution >= 0.6 is 0 Å². The van der Waals surface area contributed by atoms with Crippen LogP contribution in [0.15, 0.2) is 30.5 Å². The summed E-state index contributed by atoms with van der Waals surface area (Å²) < 4.78 is 23.3. The number of fused-ring (bicyclic) bond motifs is 1. The molecule has 10 heteroatoms. The summed E-state index contributed by atoms with van der Waals surface area (Å²) in [6.07, 6.45) is 2.50. The Kier molecular flexibility index (Phi) is 4.81. The van der Waals surface area contributed by atoms with Gasteiger partial charge in [0.05, 0.1) is 11.5 Å². The first-order valence-corrected chi connectivity index (χ1v) is 11.2. The third kappa shape index (κ3) is 3.71. The SMILES string of the molecule is CN(C(=O)CN1C(=O)NC(Cc2c[nH]c3ccccc23)C1=O)C1CCS(=O)(=O)C1. The van der Waals surface area contributed by atoms with Gasteiger partial charge in [0.2, 0.25) is 5.91 Å². The lowest BCUT2D eigenvalue weighted by molar-refractivity contribution is -0.137. The first-order valence-electron chi connectivity index (χ1n) is 9.38. The number of urea groups is 1. The standard InChI is InChI=1S/C19H22N4O5S/c1-22(13-6-7-29(27,28)11-13)17(24)10-23-18(25)16(21-19(23)26)8-12-9-20-15-5-3-2-4-14(12)15/h2-5,9,13,16,20H,6-8,10-11H2,1H3,(H,21,26). The van der Waals surface area contributed by atoms with Gasteiger partial charge in [0, 0.05) is 36.6 Å². The molecule has 0 spiro atoms. The molecule has 0 saturated carbocycles. The van der Waals surface area contributed by atoms with Crippen LogP contribution in [0, 0.1) is 0 Å². The number of benzene rings is 1. The normalized spacial score (nSPS) is 23.6. The molecule has 1 aromatic heterocycles. The van der Waals surface area contributed by atoms with Gasteiger partial charge in [-0.3, -0.25) is 14.5 Å². The Bertz CT molecular complexity index is 1090. The van der Waals surface area contributed by atoms with Gasteiger partial charge in [0.25, 0.3) is 5.91 Å². The number of sulfone groups is 1. The van der Waals surface area contributed by atoms with Crippen molar-refractivity contribution in [3.05, 3.63) is 36.0 Å². The smallest absolute Gasteiger partial charge is 0.325 e. The number of carbonyl (C=O) groups excluding carboxylic acids is 3. The molecule has 3 heterocycles. The van der Waals surface area contributed by atoms with Crippen LogP contribution in [0.1, 0.15) is 12.0 Å². The molecule has 2 aliphatic heterocycles. The van der Waals surface area contributed by atoms with Gasteiger partial charge >= 0.3 is 6.03 Å². The first kappa shape index (κ1) is 19.4. The summed E-state index contributed by atoms with van der Waals surface area (Å²) in [4.78, 5) is 42.9. The third-order valence-corrected chi connectivity index (χ3v) is 7.40. The second kappa shape index (κ2) is 7.18. The van der Waals surface area contributed by atoms with Crippen LogP contribution in [-0.4, -0.2) is 78.2 Å². The molecule has 29 heavy (non-hydrogen) atoms. The molecule has 0 bridgehead atoms. The number of hydrogen-bond donors (Lipinski definition) is 2. The first-order chi connectivity index (χ1) is 13.7. The van der Waals surface area contributed by atoms with E-state index >= 15 is 0 Å². The quantitative estimate of drug-likeness (QED) is 0.676. The Balaban J connectivity index is 1.42. The largest absolute Gasteiger partial charge is 0.361 e. The van der Waals surface area contributed by atoms with E-state index in [-0.39, 0.29) is 11.5 Å². The Morgan fingerprint density at radius 2 is 2.03 bits per heavy atom. The van der Waals surface area contributed by atoms with Gasteiger partial charge in [-0.25, -0.2) is 13.2 Å². The number of likely N-dealkylation sites (N-methyl/N-ethyl adjacent to an activating group) is 1. The van der Waals surface area contributed by atoms with E-state index in [0.717, 1.165) is 21.4 Å². The van der Waals surface area contributed by atoms with Gasteiger partial charge < -0.3 is 15.2 Å². The highest BCUT2D eigenvalue weighted by molar-refractivity contribution is 7.91. The fourth-order valence-electron chi connectivity index (χ4n) is 3.92. The van der Waals surface area contributed by atoms with Crippen molar-refractivity contribution < 1.29 is 22.8 Å². The van der Waals surface area contributed by atoms with Gasteiger partial charge in [0.1, 0.15) is 12.6 Å². The lowest BCUT2D eigenvalue weighted by Crippen LogP contribution is -2.46. The molecule has 2 unspecified atom stereocenters. The molecule has 2 aromatic rings. The van der Waals surface area contributed by atoms with Crippen LogP contribution in [0.25, 0.3) is 10.9 Å². The van der Waals surface area contributed by atoms with E-state index in [0.29, 0.717) is 12.8 Å². The average molecular weight is 418 g/mol. The zero-order chi connectivity index (χ0) is 20.8. The Morgan fingerprint density at radius 1 is 1.28 bits per heavy atom. The maximum absolute atomic E-state index is 12.7. The molecule has 1 aromatic carbocycles. The summed E-state index contributed by atoms with van der Waals surface area (Å²) in [5.74, 6) is -0.951. The summed E-state index contributed by atoms with van der Waals surface area (Å²) in [6, 6.07) is 5.90. The van der Waals surface area contributed by atoms with E-state index in [1.807, 2.05) is 30.5 Å². The fourth-order valence-corrected chi connectivity index (χ4v) is 5.69. The minimum Gasteiger partial charge on any atom is -0.361 e. The number of nitrogens with zero attached hydrogens (tertiary/aromatic N) is 2. The number of nitrogens with one attached hydrogen (secondary N) is 2. The Hall–Kier alpha value is -2.88. The number of hydrogen-bond acceptors (Lipinski definition) is 5. The van der Waals surface area contributed by atoms with Crippen LogP contribution < -0.4 is 5.32 Å². The molecule has 2 aliphatic rings. The zero-order valence-electron chi connectivity index (χ0n) is 15.9. The van der Waals surface area contributed by atoms with Crippen molar-refractivity contribution in [1.29, 1.82) is 0 Å². The molecule has 2 atom stereocenters. The Labute approximate surface area is 168 Å². The lowest BCUT2D eigenvalue weighted by Gasteiger charge is -2.25. The van der Waals surface area contributed by atoms with Crippen LogP contribution in [0.3, 0.4) is 0 Å². The summed E-state index contributed by atoms with van der Waals surface area (Å²) in [5.41, 5.74) is 1.85. The third-order valence-electron chi connectivity index (χ3n) is 5.65. The fraction of sp³-hybridized carbons (Fsp3) is 0.421. The summed E-state index contributed by atoms with van der Waals surface area (Å²) in [7, 11) is -1.63. The van der Waals surface area contributed by atoms with Gasteiger partial charge in [-0.05, 0) is 18.1 Å². The minimum absolute atomic E-state index is 0.0467. The van der Waals surface area contributed by atoms with E-state index in [4.69, 9.17) is 0 Å². The molecule has 2 fully saturated rings. The highest BCUT2D eigenvalue weighted by atomic mass is 32.2. The number of carbonyl (C=O) groups is 3. The second-order valence-electron chi connectivity index (χ2n) is 7.55. The second-order valence-corrected chi connectivity index (χ2v) is 9.78. The van der Waals surface area contributed by atoms with E-state index in [1.54, 1.807) is 0 Å². The lowest BCUT2D eigenvalue weighted by atomic mass is 10.1. The van der Waals surface area contributed by atoms with Gasteiger partial charge in [-0.1, -0.05) is 18.2 Å². The van der Waals surface area contributed by atoms with Crippen molar-refractivity contribution in [3.8, 4) is 0 Å². The number of imide groups is 1. The van der Waals surface area contributed by atoms with Crippen LogP contribution in [0.5, 0.6) is 0 Å². The topological polar surface area (TPSA) is 120 Å². The summed E-state index contributed by atoms with van der Waals surface area (Å²) in [6.45, 7) is -0.401. The molecule has 0 radical (unpaired) electrons. The Morgan fingerprint density at radius 3 is 2.76 bits per heavy atom. The highest BCUT2D eigenvalue weighted by Gasteiger charge is 2.41. The van der Waals surface area contributed by atoms with E-state index in [2.05, 4.69) is 10.3 Å². The minimum atomic E-state index is -3.14. The van der Waals surface area contributed by atoms with Crippen LogP contribution in [0.4, 0.5) is 4.79 Å². The molecule has 2 saturated heterocycles. The number of rotatable bonds is 5. The highest BCUT2D eigenvalue weighted by Crippen LogP contribution is 2.22. The molecule has 0 aliphatic carbocycles. The molecule has 4 amide bonds. The predicted octanol–water partition coefficient (Wildman–Crippen LogP) is 0.276. The zero-order valence-corrected chi connectivity index (χ0v) is 16.7. The van der Waals surface area contributed by atoms with E-state index in [9.17, 15) is 22.8 Å². The molecule has 154 valence electrons. The van der Waals surface area contributed by atoms with Crippen LogP contribution in [0.2, 0.25) is 0 Å². The molecular formula is C19H22N4O5S. The van der Waals surface area contributed by atoms with Crippen molar-refractivity contribution >= 4 is 38.6 Å². The summed E-state index contributed by atoms with van der Waals surface area (Å²) in [5, 5.41) is 3.62. The number of H-pyrrole nitrogens is 1. The van der Waals surface area contributed by atoms with Crippen molar-refractivity contribution in [3.63, 3.8) is 0 Å². The van der Waals surface area contributed by atoms with Crippen LogP contribution in [-0.2, 0) is 25.8 Å². The van der Waals surface area contributed by atoms with Gasteiger partial charge in [0.15, 0.2) is 9.84 Å². The molecule has 9 nitrogen and oxygen atoms in total.